The van der Waals surface area contributed by atoms with Crippen LogP contribution in [0.2, 0.25) is 0 Å². The van der Waals surface area contributed by atoms with E-state index in [-0.39, 0.29) is 43.0 Å². The largest absolute Gasteiger partial charge is 0.302 e. The highest BCUT2D eigenvalue weighted by Gasteiger charge is 2.48. The van der Waals surface area contributed by atoms with Gasteiger partial charge in [0.15, 0.2) is 0 Å². The second kappa shape index (κ2) is 8.76. The quantitative estimate of drug-likeness (QED) is 0.698. The van der Waals surface area contributed by atoms with E-state index < -0.39 is 21.8 Å². The second-order valence-electron chi connectivity index (χ2n) is 8.81. The van der Waals surface area contributed by atoms with E-state index in [1.54, 1.807) is 0 Å². The molecule has 5 nitrogen and oxygen atoms in total. The molecule has 0 aromatic heterocycles. The molecule has 0 amide bonds. The van der Waals surface area contributed by atoms with Crippen LogP contribution in [0.15, 0.2) is 29.2 Å². The molecule has 0 N–H and O–H groups in total. The summed E-state index contributed by atoms with van der Waals surface area (Å²) in [5, 5.41) is 0. The first-order chi connectivity index (χ1) is 14.3. The number of alkyl halides is 2. The van der Waals surface area contributed by atoms with Crippen molar-refractivity contribution < 1.29 is 21.6 Å². The van der Waals surface area contributed by atoms with Gasteiger partial charge in [-0.05, 0) is 50.9 Å². The first kappa shape index (κ1) is 22.0. The number of benzene rings is 1. The number of hydrogen-bond acceptors (Lipinski definition) is 4. The SMILES string of the molecule is O=S(=O)(c1ccccc1F)N1CCC(N2CC(F)(F)C[C@H]2CN2CCCCC2)CC1. The maximum atomic E-state index is 14.3. The Kier molecular flexibility index (Phi) is 6.44. The molecule has 0 unspecified atom stereocenters. The summed E-state index contributed by atoms with van der Waals surface area (Å²) in [6.07, 6.45) is 4.29. The van der Waals surface area contributed by atoms with Crippen LogP contribution in [0.1, 0.15) is 38.5 Å². The van der Waals surface area contributed by atoms with Crippen molar-refractivity contribution in [3.8, 4) is 0 Å². The van der Waals surface area contributed by atoms with Crippen molar-refractivity contribution in [3.63, 3.8) is 0 Å². The average molecular weight is 446 g/mol. The summed E-state index contributed by atoms with van der Waals surface area (Å²) in [7, 11) is -3.92. The molecule has 1 atom stereocenters. The Balaban J connectivity index is 1.41. The number of likely N-dealkylation sites (tertiary alicyclic amines) is 2. The smallest absolute Gasteiger partial charge is 0.262 e. The van der Waals surface area contributed by atoms with Crippen LogP contribution in [0.25, 0.3) is 0 Å². The molecular weight excluding hydrogens is 415 g/mol. The van der Waals surface area contributed by atoms with E-state index in [1.165, 1.54) is 28.9 Å². The summed E-state index contributed by atoms with van der Waals surface area (Å²) < 4.78 is 69.5. The van der Waals surface area contributed by atoms with Crippen LogP contribution in [0.3, 0.4) is 0 Å². The van der Waals surface area contributed by atoms with Gasteiger partial charge in [0.25, 0.3) is 5.92 Å². The summed E-state index contributed by atoms with van der Waals surface area (Å²) in [5.41, 5.74) is 0. The minimum absolute atomic E-state index is 0.0692. The van der Waals surface area contributed by atoms with E-state index in [9.17, 15) is 21.6 Å². The minimum atomic E-state index is -3.92. The Labute approximate surface area is 176 Å². The van der Waals surface area contributed by atoms with Crippen molar-refractivity contribution in [1.82, 2.24) is 14.1 Å². The van der Waals surface area contributed by atoms with Gasteiger partial charge in [-0.15, -0.1) is 0 Å². The van der Waals surface area contributed by atoms with Crippen LogP contribution in [-0.2, 0) is 10.0 Å². The molecule has 0 saturated carbocycles. The fraction of sp³-hybridized carbons (Fsp3) is 0.714. The lowest BCUT2D eigenvalue weighted by molar-refractivity contribution is 0.00466. The highest BCUT2D eigenvalue weighted by atomic mass is 32.2. The molecule has 3 aliphatic rings. The van der Waals surface area contributed by atoms with E-state index in [0.29, 0.717) is 19.4 Å². The molecule has 0 aliphatic carbocycles. The Morgan fingerprint density at radius 3 is 2.33 bits per heavy atom. The molecule has 4 rings (SSSR count). The molecule has 1 aromatic rings. The summed E-state index contributed by atoms with van der Waals surface area (Å²) in [5.74, 6) is -3.46. The van der Waals surface area contributed by atoms with Crippen LogP contribution in [-0.4, -0.2) is 79.8 Å². The zero-order chi connectivity index (χ0) is 21.4. The molecule has 1 aromatic carbocycles. The van der Waals surface area contributed by atoms with Gasteiger partial charge in [0, 0.05) is 38.1 Å². The van der Waals surface area contributed by atoms with Gasteiger partial charge in [-0.1, -0.05) is 18.6 Å². The van der Waals surface area contributed by atoms with Crippen LogP contribution >= 0.6 is 0 Å². The summed E-state index contributed by atoms with van der Waals surface area (Å²) in [6, 6.07) is 5.10. The zero-order valence-corrected chi connectivity index (χ0v) is 18.0. The average Bonchev–Trinajstić information content (AvgIpc) is 3.03. The van der Waals surface area contributed by atoms with E-state index in [1.807, 2.05) is 4.90 Å². The molecule has 0 spiro atoms. The fourth-order valence-corrected chi connectivity index (χ4v) is 6.70. The zero-order valence-electron chi connectivity index (χ0n) is 17.1. The first-order valence-corrected chi connectivity index (χ1v) is 12.3. The van der Waals surface area contributed by atoms with Crippen molar-refractivity contribution in [1.29, 1.82) is 0 Å². The Morgan fingerprint density at radius 1 is 1.00 bits per heavy atom. The molecule has 0 radical (unpaired) electrons. The molecule has 3 fully saturated rings. The number of hydrogen-bond donors (Lipinski definition) is 0. The topological polar surface area (TPSA) is 43.9 Å². The number of piperidine rings is 2. The Hall–Kier alpha value is -1.16. The van der Waals surface area contributed by atoms with Crippen LogP contribution in [0.4, 0.5) is 13.2 Å². The Morgan fingerprint density at radius 2 is 1.67 bits per heavy atom. The van der Waals surface area contributed by atoms with Crippen LogP contribution in [0, 0.1) is 5.82 Å². The van der Waals surface area contributed by atoms with Crippen LogP contribution in [0.5, 0.6) is 0 Å². The lowest BCUT2D eigenvalue weighted by Gasteiger charge is -2.40. The Bertz CT molecular complexity index is 838. The van der Waals surface area contributed by atoms with E-state index in [2.05, 4.69) is 4.90 Å². The van der Waals surface area contributed by atoms with Crippen LogP contribution < -0.4 is 0 Å². The van der Waals surface area contributed by atoms with Crippen molar-refractivity contribution in [2.45, 2.75) is 61.4 Å². The number of halogens is 3. The van der Waals surface area contributed by atoms with Crippen molar-refractivity contribution in [2.75, 3.05) is 39.3 Å². The van der Waals surface area contributed by atoms with Gasteiger partial charge < -0.3 is 4.90 Å². The molecule has 30 heavy (non-hydrogen) atoms. The van der Waals surface area contributed by atoms with Gasteiger partial charge in [-0.2, -0.15) is 4.31 Å². The maximum Gasteiger partial charge on any atom is 0.262 e. The maximum absolute atomic E-state index is 14.3. The van der Waals surface area contributed by atoms with Crippen molar-refractivity contribution in [3.05, 3.63) is 30.1 Å². The number of rotatable bonds is 5. The highest BCUT2D eigenvalue weighted by Crippen LogP contribution is 2.37. The fourth-order valence-electron chi connectivity index (χ4n) is 5.17. The highest BCUT2D eigenvalue weighted by molar-refractivity contribution is 7.89. The normalized spacial score (nSPS) is 27.5. The van der Waals surface area contributed by atoms with Gasteiger partial charge in [0.05, 0.1) is 6.54 Å². The molecule has 3 heterocycles. The molecule has 0 bridgehead atoms. The summed E-state index contributed by atoms with van der Waals surface area (Å²) in [6.45, 7) is 2.78. The second-order valence-corrected chi connectivity index (χ2v) is 10.7. The van der Waals surface area contributed by atoms with E-state index in [0.717, 1.165) is 32.0 Å². The number of sulfonamides is 1. The molecule has 3 saturated heterocycles. The van der Waals surface area contributed by atoms with Gasteiger partial charge in [-0.3, -0.25) is 4.90 Å². The third-order valence-electron chi connectivity index (χ3n) is 6.68. The molecular formula is C21H30F3N3O2S. The lowest BCUT2D eigenvalue weighted by Crippen LogP contribution is -2.51. The predicted octanol–water partition coefficient (Wildman–Crippen LogP) is 3.17. The summed E-state index contributed by atoms with van der Waals surface area (Å²) in [4.78, 5) is 3.89. The minimum Gasteiger partial charge on any atom is -0.302 e. The van der Waals surface area contributed by atoms with Gasteiger partial charge in [-0.25, -0.2) is 21.6 Å². The van der Waals surface area contributed by atoms with Crippen molar-refractivity contribution in [2.24, 2.45) is 0 Å². The summed E-state index contributed by atoms with van der Waals surface area (Å²) >= 11 is 0. The standard InChI is InChI=1S/C21H30F3N3O2S/c22-19-6-2-3-7-20(19)30(28,29)26-12-8-17(9-13-26)27-16-21(23,24)14-18(27)15-25-10-4-1-5-11-25/h2-3,6-7,17-18H,1,4-5,8-16H2/t18-/m0/s1. The molecule has 9 heteroatoms. The van der Waals surface area contributed by atoms with E-state index in [4.69, 9.17) is 0 Å². The predicted molar refractivity (Wildman–Crippen MR) is 109 cm³/mol. The van der Waals surface area contributed by atoms with Gasteiger partial charge >= 0.3 is 0 Å². The van der Waals surface area contributed by atoms with E-state index >= 15 is 0 Å². The third kappa shape index (κ3) is 4.69. The monoisotopic (exact) mass is 445 g/mol. The first-order valence-electron chi connectivity index (χ1n) is 10.9. The molecule has 3 aliphatic heterocycles. The third-order valence-corrected chi connectivity index (χ3v) is 8.61. The van der Waals surface area contributed by atoms with Gasteiger partial charge in [0.2, 0.25) is 10.0 Å². The van der Waals surface area contributed by atoms with Gasteiger partial charge in [0.1, 0.15) is 10.7 Å². The lowest BCUT2D eigenvalue weighted by atomic mass is 10.0. The van der Waals surface area contributed by atoms with Crippen molar-refractivity contribution >= 4 is 10.0 Å². The number of nitrogens with zero attached hydrogens (tertiary/aromatic N) is 3. The molecule has 168 valence electrons.